The Kier molecular flexibility index (Phi) is 3.00. The molecule has 0 N–H and O–H groups in total. The molecule has 0 fully saturated rings. The highest BCUT2D eigenvalue weighted by Crippen LogP contribution is 2.24. The minimum atomic E-state index is 0.636. The minimum Gasteiger partial charge on any atom is -0.149 e. The third-order valence-electron chi connectivity index (χ3n) is 2.41. The van der Waals surface area contributed by atoms with E-state index in [1.807, 2.05) is 11.3 Å². The molecule has 1 aromatic heterocycles. The first-order chi connectivity index (χ1) is 6.86. The molecule has 0 aliphatic rings. The lowest BCUT2D eigenvalue weighted by Crippen LogP contribution is -1.95. The summed E-state index contributed by atoms with van der Waals surface area (Å²) in [4.78, 5) is 1.48. The van der Waals surface area contributed by atoms with Crippen LogP contribution in [0.2, 0.25) is 0 Å². The molecule has 0 bridgehead atoms. The van der Waals surface area contributed by atoms with Crippen LogP contribution in [0.15, 0.2) is 47.8 Å². The van der Waals surface area contributed by atoms with E-state index in [9.17, 15) is 0 Å². The van der Waals surface area contributed by atoms with Crippen LogP contribution >= 0.6 is 11.3 Å². The average molecular weight is 202 g/mol. The van der Waals surface area contributed by atoms with Crippen molar-refractivity contribution in [1.29, 1.82) is 0 Å². The monoisotopic (exact) mass is 202 g/mol. The van der Waals surface area contributed by atoms with Crippen molar-refractivity contribution in [1.82, 2.24) is 0 Å². The zero-order chi connectivity index (χ0) is 9.80. The highest BCUT2D eigenvalue weighted by molar-refractivity contribution is 7.10. The molecule has 0 saturated heterocycles. The molecule has 0 radical (unpaired) electrons. The molecule has 0 aliphatic heterocycles. The largest absolute Gasteiger partial charge is 0.149 e. The van der Waals surface area contributed by atoms with Gasteiger partial charge in [-0.25, -0.2) is 0 Å². The fourth-order valence-electron chi connectivity index (χ4n) is 1.64. The molecule has 0 amide bonds. The Balaban J connectivity index is 2.06. The predicted molar refractivity (Wildman–Crippen MR) is 62.9 cm³/mol. The van der Waals surface area contributed by atoms with E-state index in [0.717, 1.165) is 6.42 Å². The van der Waals surface area contributed by atoms with Gasteiger partial charge in [0.25, 0.3) is 0 Å². The zero-order valence-corrected chi connectivity index (χ0v) is 9.13. The fourth-order valence-corrected chi connectivity index (χ4v) is 2.43. The summed E-state index contributed by atoms with van der Waals surface area (Å²) in [5.74, 6) is 0.636. The second-order valence-electron chi connectivity index (χ2n) is 3.61. The SMILES string of the molecule is C[C@@H](Cc1ccccc1)c1cccs1. The first kappa shape index (κ1) is 9.47. The molecule has 0 nitrogen and oxygen atoms in total. The zero-order valence-electron chi connectivity index (χ0n) is 8.31. The van der Waals surface area contributed by atoms with Gasteiger partial charge in [-0.1, -0.05) is 43.3 Å². The van der Waals surface area contributed by atoms with E-state index >= 15 is 0 Å². The molecule has 1 aromatic carbocycles. The van der Waals surface area contributed by atoms with Gasteiger partial charge in [0.1, 0.15) is 0 Å². The molecule has 1 heteroatoms. The van der Waals surface area contributed by atoms with E-state index in [1.54, 1.807) is 0 Å². The van der Waals surface area contributed by atoms with Crippen molar-refractivity contribution in [2.24, 2.45) is 0 Å². The molecule has 14 heavy (non-hydrogen) atoms. The summed E-state index contributed by atoms with van der Waals surface area (Å²) in [5.41, 5.74) is 1.42. The summed E-state index contributed by atoms with van der Waals surface area (Å²) < 4.78 is 0. The Labute approximate surface area is 89.2 Å². The minimum absolute atomic E-state index is 0.636. The second kappa shape index (κ2) is 4.43. The molecule has 0 aliphatic carbocycles. The van der Waals surface area contributed by atoms with E-state index in [-0.39, 0.29) is 0 Å². The summed E-state index contributed by atoms with van der Waals surface area (Å²) in [5, 5.41) is 2.15. The topological polar surface area (TPSA) is 0 Å². The van der Waals surface area contributed by atoms with Crippen LogP contribution in [0.3, 0.4) is 0 Å². The highest BCUT2D eigenvalue weighted by atomic mass is 32.1. The van der Waals surface area contributed by atoms with Gasteiger partial charge < -0.3 is 0 Å². The van der Waals surface area contributed by atoms with Gasteiger partial charge in [0.15, 0.2) is 0 Å². The summed E-state index contributed by atoms with van der Waals surface area (Å²) in [6, 6.07) is 15.0. The molecule has 2 rings (SSSR count). The lowest BCUT2D eigenvalue weighted by Gasteiger charge is -2.08. The normalized spacial score (nSPS) is 12.6. The van der Waals surface area contributed by atoms with E-state index in [4.69, 9.17) is 0 Å². The van der Waals surface area contributed by atoms with Gasteiger partial charge in [-0.2, -0.15) is 0 Å². The quantitative estimate of drug-likeness (QED) is 0.703. The first-order valence-corrected chi connectivity index (χ1v) is 5.81. The van der Waals surface area contributed by atoms with Crippen LogP contribution < -0.4 is 0 Å². The Morgan fingerprint density at radius 1 is 1.07 bits per heavy atom. The molecule has 1 heterocycles. The first-order valence-electron chi connectivity index (χ1n) is 4.93. The van der Waals surface area contributed by atoms with Crippen molar-refractivity contribution in [2.75, 3.05) is 0 Å². The highest BCUT2D eigenvalue weighted by Gasteiger charge is 2.06. The number of benzene rings is 1. The predicted octanol–water partition coefficient (Wildman–Crippen LogP) is 4.09. The van der Waals surface area contributed by atoms with Gasteiger partial charge in [-0.15, -0.1) is 11.3 Å². The molecular formula is C13H14S. The smallest absolute Gasteiger partial charge is 0.00767 e. The van der Waals surface area contributed by atoms with Crippen molar-refractivity contribution >= 4 is 11.3 Å². The molecule has 72 valence electrons. The third-order valence-corrected chi connectivity index (χ3v) is 3.52. The maximum absolute atomic E-state index is 2.29. The lowest BCUT2D eigenvalue weighted by molar-refractivity contribution is 0.775. The van der Waals surface area contributed by atoms with Gasteiger partial charge in [-0.3, -0.25) is 0 Å². The standard InChI is InChI=1S/C13H14S/c1-11(13-8-5-9-14-13)10-12-6-3-2-4-7-12/h2-9,11H,10H2,1H3/t11-/m0/s1. The summed E-state index contributed by atoms with van der Waals surface area (Å²) in [6.45, 7) is 2.29. The molecule has 1 atom stereocenters. The van der Waals surface area contributed by atoms with E-state index in [1.165, 1.54) is 10.4 Å². The summed E-state index contributed by atoms with van der Waals surface area (Å²) >= 11 is 1.85. The molecule has 2 aromatic rings. The third kappa shape index (κ3) is 2.24. The average Bonchev–Trinajstić information content (AvgIpc) is 2.72. The molecular weight excluding hydrogens is 188 g/mol. The van der Waals surface area contributed by atoms with Gasteiger partial charge in [0.05, 0.1) is 0 Å². The van der Waals surface area contributed by atoms with Crippen LogP contribution in [-0.4, -0.2) is 0 Å². The van der Waals surface area contributed by atoms with E-state index in [2.05, 4.69) is 54.8 Å². The van der Waals surface area contributed by atoms with Crippen molar-refractivity contribution in [2.45, 2.75) is 19.3 Å². The molecule has 0 spiro atoms. The van der Waals surface area contributed by atoms with Crippen molar-refractivity contribution in [3.63, 3.8) is 0 Å². The van der Waals surface area contributed by atoms with Gasteiger partial charge >= 0.3 is 0 Å². The Morgan fingerprint density at radius 3 is 2.50 bits per heavy atom. The van der Waals surface area contributed by atoms with Crippen LogP contribution in [0.5, 0.6) is 0 Å². The second-order valence-corrected chi connectivity index (χ2v) is 4.59. The molecule has 0 unspecified atom stereocenters. The van der Waals surface area contributed by atoms with E-state index < -0.39 is 0 Å². The Bertz CT molecular complexity index is 361. The van der Waals surface area contributed by atoms with Crippen LogP contribution in [-0.2, 0) is 6.42 Å². The number of thiophene rings is 1. The van der Waals surface area contributed by atoms with Crippen molar-refractivity contribution in [3.05, 3.63) is 58.3 Å². The Hall–Kier alpha value is -1.08. The van der Waals surface area contributed by atoms with Gasteiger partial charge in [0.2, 0.25) is 0 Å². The number of rotatable bonds is 3. The van der Waals surface area contributed by atoms with Crippen LogP contribution in [0.25, 0.3) is 0 Å². The lowest BCUT2D eigenvalue weighted by atomic mass is 10.00. The van der Waals surface area contributed by atoms with Crippen LogP contribution in [0.4, 0.5) is 0 Å². The maximum Gasteiger partial charge on any atom is 0.00767 e. The van der Waals surface area contributed by atoms with Gasteiger partial charge in [0, 0.05) is 4.88 Å². The van der Waals surface area contributed by atoms with Crippen molar-refractivity contribution in [3.8, 4) is 0 Å². The van der Waals surface area contributed by atoms with Gasteiger partial charge in [-0.05, 0) is 29.3 Å². The summed E-state index contributed by atoms with van der Waals surface area (Å²) in [7, 11) is 0. The maximum atomic E-state index is 2.29. The number of hydrogen-bond acceptors (Lipinski definition) is 1. The Morgan fingerprint density at radius 2 is 1.86 bits per heavy atom. The summed E-state index contributed by atoms with van der Waals surface area (Å²) in [6.07, 6.45) is 1.14. The number of hydrogen-bond donors (Lipinski definition) is 0. The van der Waals surface area contributed by atoms with Crippen LogP contribution in [0, 0.1) is 0 Å². The van der Waals surface area contributed by atoms with E-state index in [0.29, 0.717) is 5.92 Å². The molecule has 0 saturated carbocycles. The van der Waals surface area contributed by atoms with Crippen LogP contribution in [0.1, 0.15) is 23.3 Å². The fraction of sp³-hybridized carbons (Fsp3) is 0.231. The van der Waals surface area contributed by atoms with Crippen molar-refractivity contribution < 1.29 is 0 Å².